The molecule has 1 aliphatic carbocycles. The molecule has 0 spiro atoms. The van der Waals surface area contributed by atoms with E-state index < -0.39 is 0 Å². The first-order valence-electron chi connectivity index (χ1n) is 8.20. The van der Waals surface area contributed by atoms with Crippen molar-refractivity contribution >= 4 is 0 Å². The van der Waals surface area contributed by atoms with E-state index in [9.17, 15) is 0 Å². The van der Waals surface area contributed by atoms with E-state index in [1.807, 2.05) is 0 Å². The first kappa shape index (κ1) is 16.8. The summed E-state index contributed by atoms with van der Waals surface area (Å²) < 4.78 is 6.47. The average Bonchev–Trinajstić information content (AvgIpc) is 2.27. The Labute approximate surface area is 120 Å². The van der Waals surface area contributed by atoms with Crippen molar-refractivity contribution in [3.05, 3.63) is 12.2 Å². The van der Waals surface area contributed by atoms with Gasteiger partial charge in [-0.2, -0.15) is 0 Å². The lowest BCUT2D eigenvalue weighted by molar-refractivity contribution is -0.152. The van der Waals surface area contributed by atoms with Gasteiger partial charge in [0, 0.05) is 0 Å². The van der Waals surface area contributed by atoms with Crippen LogP contribution in [0.2, 0.25) is 0 Å². The summed E-state index contributed by atoms with van der Waals surface area (Å²) >= 11 is 0. The van der Waals surface area contributed by atoms with E-state index in [0.29, 0.717) is 5.92 Å². The van der Waals surface area contributed by atoms with E-state index in [2.05, 4.69) is 46.8 Å². The Hall–Kier alpha value is -0.300. The van der Waals surface area contributed by atoms with E-state index in [4.69, 9.17) is 4.74 Å². The fourth-order valence-electron chi connectivity index (χ4n) is 3.16. The standard InChI is InChI=1S/C18H34O/c1-16(2)12-8-6-9-13-18(19-17(3,4)5)14-10-7-11-15-18/h8,12,16H,6-7,9-11,13-15H2,1-5H3. The van der Waals surface area contributed by atoms with Crippen LogP contribution in [0.5, 0.6) is 0 Å². The van der Waals surface area contributed by atoms with Crippen molar-refractivity contribution in [1.29, 1.82) is 0 Å². The van der Waals surface area contributed by atoms with Crippen LogP contribution in [0.1, 0.15) is 86.0 Å². The van der Waals surface area contributed by atoms with Crippen molar-refractivity contribution in [3.63, 3.8) is 0 Å². The summed E-state index contributed by atoms with van der Waals surface area (Å²) in [5, 5.41) is 0. The summed E-state index contributed by atoms with van der Waals surface area (Å²) in [6.07, 6.45) is 15.0. The van der Waals surface area contributed by atoms with Gasteiger partial charge in [0.1, 0.15) is 0 Å². The van der Waals surface area contributed by atoms with Crippen LogP contribution in [-0.4, -0.2) is 11.2 Å². The van der Waals surface area contributed by atoms with E-state index in [-0.39, 0.29) is 11.2 Å². The van der Waals surface area contributed by atoms with Crippen molar-refractivity contribution in [2.45, 2.75) is 97.2 Å². The zero-order chi connectivity index (χ0) is 14.4. The third-order valence-corrected chi connectivity index (χ3v) is 3.81. The molecule has 19 heavy (non-hydrogen) atoms. The highest BCUT2D eigenvalue weighted by Gasteiger charge is 2.35. The fourth-order valence-corrected chi connectivity index (χ4v) is 3.16. The van der Waals surface area contributed by atoms with Gasteiger partial charge < -0.3 is 4.74 Å². The molecule has 112 valence electrons. The van der Waals surface area contributed by atoms with E-state index in [1.165, 1.54) is 51.4 Å². The predicted octanol–water partition coefficient (Wildman–Crippen LogP) is 5.89. The molecule has 1 rings (SSSR count). The number of hydrogen-bond acceptors (Lipinski definition) is 1. The van der Waals surface area contributed by atoms with Crippen LogP contribution in [0.15, 0.2) is 12.2 Å². The van der Waals surface area contributed by atoms with Gasteiger partial charge in [0.05, 0.1) is 11.2 Å². The minimum atomic E-state index is -0.00882. The third-order valence-electron chi connectivity index (χ3n) is 3.81. The van der Waals surface area contributed by atoms with Crippen LogP contribution >= 0.6 is 0 Å². The molecule has 0 atom stereocenters. The highest BCUT2D eigenvalue weighted by molar-refractivity contribution is 4.89. The highest BCUT2D eigenvalue weighted by atomic mass is 16.5. The van der Waals surface area contributed by atoms with Crippen LogP contribution in [0.3, 0.4) is 0 Å². The maximum Gasteiger partial charge on any atom is 0.0689 e. The van der Waals surface area contributed by atoms with Crippen LogP contribution in [-0.2, 0) is 4.74 Å². The summed E-state index contributed by atoms with van der Waals surface area (Å²) in [6.45, 7) is 11.1. The molecular formula is C18H34O. The van der Waals surface area contributed by atoms with Gasteiger partial charge >= 0.3 is 0 Å². The second kappa shape index (κ2) is 7.47. The van der Waals surface area contributed by atoms with E-state index in [0.717, 1.165) is 0 Å². The number of unbranched alkanes of at least 4 members (excludes halogenated alkanes) is 1. The van der Waals surface area contributed by atoms with Crippen molar-refractivity contribution in [2.75, 3.05) is 0 Å². The van der Waals surface area contributed by atoms with Crippen molar-refractivity contribution in [3.8, 4) is 0 Å². The van der Waals surface area contributed by atoms with Gasteiger partial charge in [-0.15, -0.1) is 0 Å². The Morgan fingerprint density at radius 1 is 1.11 bits per heavy atom. The van der Waals surface area contributed by atoms with E-state index in [1.54, 1.807) is 0 Å². The van der Waals surface area contributed by atoms with Gasteiger partial charge in [0.25, 0.3) is 0 Å². The van der Waals surface area contributed by atoms with Gasteiger partial charge in [-0.05, 0) is 58.8 Å². The van der Waals surface area contributed by atoms with Crippen molar-refractivity contribution in [1.82, 2.24) is 0 Å². The maximum absolute atomic E-state index is 6.47. The highest BCUT2D eigenvalue weighted by Crippen LogP contribution is 2.38. The Morgan fingerprint density at radius 3 is 2.26 bits per heavy atom. The smallest absolute Gasteiger partial charge is 0.0689 e. The molecule has 0 aliphatic heterocycles. The van der Waals surface area contributed by atoms with Gasteiger partial charge in [-0.1, -0.05) is 45.3 Å². The summed E-state index contributed by atoms with van der Waals surface area (Å²) in [7, 11) is 0. The lowest BCUT2D eigenvalue weighted by Crippen LogP contribution is -2.41. The van der Waals surface area contributed by atoms with Gasteiger partial charge in [-0.25, -0.2) is 0 Å². The summed E-state index contributed by atoms with van der Waals surface area (Å²) in [6, 6.07) is 0. The van der Waals surface area contributed by atoms with E-state index >= 15 is 0 Å². The molecule has 1 fully saturated rings. The molecule has 0 amide bonds. The Morgan fingerprint density at radius 2 is 1.74 bits per heavy atom. The molecule has 1 saturated carbocycles. The quantitative estimate of drug-likeness (QED) is 0.430. The Kier molecular flexibility index (Phi) is 6.59. The lowest BCUT2D eigenvalue weighted by atomic mass is 9.80. The SMILES string of the molecule is CC(C)C=CCCCC1(OC(C)(C)C)CCCCC1. The third kappa shape index (κ3) is 7.15. The second-order valence-corrected chi connectivity index (χ2v) is 7.52. The minimum Gasteiger partial charge on any atom is -0.369 e. The van der Waals surface area contributed by atoms with Crippen LogP contribution in [0, 0.1) is 5.92 Å². The number of rotatable bonds is 6. The molecule has 0 N–H and O–H groups in total. The molecule has 0 radical (unpaired) electrons. The molecule has 1 heteroatoms. The van der Waals surface area contributed by atoms with Gasteiger partial charge in [0.15, 0.2) is 0 Å². The first-order valence-corrected chi connectivity index (χ1v) is 8.20. The Balaban J connectivity index is 2.46. The molecule has 0 aromatic rings. The monoisotopic (exact) mass is 266 g/mol. The second-order valence-electron chi connectivity index (χ2n) is 7.52. The van der Waals surface area contributed by atoms with Crippen molar-refractivity contribution in [2.24, 2.45) is 5.92 Å². The normalized spacial score (nSPS) is 20.3. The molecule has 0 aromatic carbocycles. The average molecular weight is 266 g/mol. The summed E-state index contributed by atoms with van der Waals surface area (Å²) in [5.74, 6) is 0.675. The van der Waals surface area contributed by atoms with Crippen molar-refractivity contribution < 1.29 is 4.74 Å². The predicted molar refractivity (Wildman–Crippen MR) is 84.5 cm³/mol. The van der Waals surface area contributed by atoms with Gasteiger partial charge in [-0.3, -0.25) is 0 Å². The number of ether oxygens (including phenoxy) is 1. The summed E-state index contributed by atoms with van der Waals surface area (Å²) in [5.41, 5.74) is 0.160. The number of hydrogen-bond donors (Lipinski definition) is 0. The zero-order valence-corrected chi connectivity index (χ0v) is 13.8. The molecule has 0 saturated heterocycles. The molecule has 1 nitrogen and oxygen atoms in total. The topological polar surface area (TPSA) is 9.23 Å². The fraction of sp³-hybridized carbons (Fsp3) is 0.889. The molecule has 1 aliphatic rings. The van der Waals surface area contributed by atoms with Crippen LogP contribution in [0.4, 0.5) is 0 Å². The van der Waals surface area contributed by atoms with Crippen LogP contribution in [0.25, 0.3) is 0 Å². The van der Waals surface area contributed by atoms with Crippen LogP contribution < -0.4 is 0 Å². The lowest BCUT2D eigenvalue weighted by Gasteiger charge is -2.42. The molecule has 0 aromatic heterocycles. The summed E-state index contributed by atoms with van der Waals surface area (Å²) in [4.78, 5) is 0. The Bertz CT molecular complexity index is 264. The molecule has 0 bridgehead atoms. The zero-order valence-electron chi connectivity index (χ0n) is 13.8. The molecular weight excluding hydrogens is 232 g/mol. The van der Waals surface area contributed by atoms with Gasteiger partial charge in [0.2, 0.25) is 0 Å². The maximum atomic E-state index is 6.47. The first-order chi connectivity index (χ1) is 8.83. The molecule has 0 unspecified atom stereocenters. The largest absolute Gasteiger partial charge is 0.369 e. The molecule has 0 heterocycles. The minimum absolute atomic E-state index is 0.00882. The number of allylic oxidation sites excluding steroid dienone is 2.